The van der Waals surface area contributed by atoms with E-state index in [2.05, 4.69) is 5.32 Å². The van der Waals surface area contributed by atoms with Crippen LogP contribution in [-0.2, 0) is 17.8 Å². The SMILES string of the molecule is N#Cc1cccc(CNC(=O)Cc2c(F)cccc2Cl)c1. The highest BCUT2D eigenvalue weighted by Gasteiger charge is 2.11. The molecule has 0 saturated carbocycles. The van der Waals surface area contributed by atoms with Gasteiger partial charge in [-0.05, 0) is 29.8 Å². The predicted octanol–water partition coefficient (Wildman–Crippen LogP) is 3.21. The molecule has 0 aromatic heterocycles. The molecule has 0 atom stereocenters. The Balaban J connectivity index is 1.98. The molecule has 0 unspecified atom stereocenters. The van der Waals surface area contributed by atoms with Gasteiger partial charge in [-0.15, -0.1) is 0 Å². The van der Waals surface area contributed by atoms with Gasteiger partial charge in [-0.25, -0.2) is 4.39 Å². The molecule has 0 fully saturated rings. The monoisotopic (exact) mass is 302 g/mol. The maximum Gasteiger partial charge on any atom is 0.224 e. The number of hydrogen-bond acceptors (Lipinski definition) is 2. The van der Waals surface area contributed by atoms with Crippen LogP contribution in [0.2, 0.25) is 5.02 Å². The van der Waals surface area contributed by atoms with Gasteiger partial charge < -0.3 is 5.32 Å². The first kappa shape index (κ1) is 15.0. The van der Waals surface area contributed by atoms with Crippen molar-refractivity contribution in [3.05, 3.63) is 70.0 Å². The number of hydrogen-bond donors (Lipinski definition) is 1. The minimum atomic E-state index is -0.496. The van der Waals surface area contributed by atoms with E-state index in [4.69, 9.17) is 16.9 Å². The van der Waals surface area contributed by atoms with E-state index in [0.717, 1.165) is 5.56 Å². The zero-order valence-electron chi connectivity index (χ0n) is 11.1. The molecule has 1 amide bonds. The third kappa shape index (κ3) is 4.04. The summed E-state index contributed by atoms with van der Waals surface area (Å²) in [5, 5.41) is 11.7. The summed E-state index contributed by atoms with van der Waals surface area (Å²) < 4.78 is 13.6. The first-order valence-electron chi connectivity index (χ1n) is 6.29. The maximum atomic E-state index is 13.6. The third-order valence-electron chi connectivity index (χ3n) is 2.94. The molecule has 0 aliphatic heterocycles. The fourth-order valence-electron chi connectivity index (χ4n) is 1.88. The summed E-state index contributed by atoms with van der Waals surface area (Å²) in [6.45, 7) is 0.278. The lowest BCUT2D eigenvalue weighted by molar-refractivity contribution is -0.120. The van der Waals surface area contributed by atoms with Gasteiger partial charge in [-0.2, -0.15) is 5.26 Å². The summed E-state index contributed by atoms with van der Waals surface area (Å²) in [4.78, 5) is 11.8. The number of benzene rings is 2. The Kier molecular flexibility index (Phi) is 4.91. The van der Waals surface area contributed by atoms with Crippen molar-refractivity contribution >= 4 is 17.5 Å². The Morgan fingerprint density at radius 3 is 2.76 bits per heavy atom. The molecule has 106 valence electrons. The van der Waals surface area contributed by atoms with Gasteiger partial charge >= 0.3 is 0 Å². The van der Waals surface area contributed by atoms with Crippen LogP contribution in [0.3, 0.4) is 0 Å². The lowest BCUT2D eigenvalue weighted by Crippen LogP contribution is -2.25. The number of halogens is 2. The van der Waals surface area contributed by atoms with E-state index in [0.29, 0.717) is 5.56 Å². The van der Waals surface area contributed by atoms with Crippen molar-refractivity contribution in [2.24, 2.45) is 0 Å². The second-order valence-corrected chi connectivity index (χ2v) is 4.87. The van der Waals surface area contributed by atoms with Crippen LogP contribution in [-0.4, -0.2) is 5.91 Å². The highest BCUT2D eigenvalue weighted by molar-refractivity contribution is 6.31. The minimum absolute atomic E-state index is 0.122. The fourth-order valence-corrected chi connectivity index (χ4v) is 2.11. The molecular formula is C16H12ClFN2O. The van der Waals surface area contributed by atoms with Gasteiger partial charge in [0.25, 0.3) is 0 Å². The van der Waals surface area contributed by atoms with Gasteiger partial charge in [0, 0.05) is 17.1 Å². The lowest BCUT2D eigenvalue weighted by Gasteiger charge is -2.08. The number of nitriles is 1. The molecule has 0 bridgehead atoms. The summed E-state index contributed by atoms with van der Waals surface area (Å²) in [5.74, 6) is -0.825. The molecule has 2 aromatic carbocycles. The molecule has 5 heteroatoms. The summed E-state index contributed by atoms with van der Waals surface area (Å²) in [5.41, 5.74) is 1.52. The molecular weight excluding hydrogens is 291 g/mol. The van der Waals surface area contributed by atoms with Crippen LogP contribution < -0.4 is 5.32 Å². The molecule has 21 heavy (non-hydrogen) atoms. The van der Waals surface area contributed by atoms with Crippen molar-refractivity contribution in [3.8, 4) is 6.07 Å². The molecule has 0 saturated heterocycles. The van der Waals surface area contributed by atoms with E-state index in [1.54, 1.807) is 30.3 Å². The van der Waals surface area contributed by atoms with Gasteiger partial charge in [0.15, 0.2) is 0 Å². The van der Waals surface area contributed by atoms with Gasteiger partial charge in [-0.3, -0.25) is 4.79 Å². The fraction of sp³-hybridized carbons (Fsp3) is 0.125. The maximum absolute atomic E-state index is 13.6. The molecule has 0 aliphatic carbocycles. The van der Waals surface area contributed by atoms with Gasteiger partial charge in [0.05, 0.1) is 18.1 Å². The number of nitrogens with zero attached hydrogens (tertiary/aromatic N) is 1. The van der Waals surface area contributed by atoms with E-state index < -0.39 is 5.82 Å². The Bertz CT molecular complexity index is 689. The van der Waals surface area contributed by atoms with Crippen LogP contribution in [0.15, 0.2) is 42.5 Å². The molecule has 0 spiro atoms. The number of carbonyl (C=O) groups is 1. The Morgan fingerprint density at radius 1 is 1.29 bits per heavy atom. The number of rotatable bonds is 4. The summed E-state index contributed by atoms with van der Waals surface area (Å²) >= 11 is 5.87. The summed E-state index contributed by atoms with van der Waals surface area (Å²) in [7, 11) is 0. The van der Waals surface area contributed by atoms with E-state index in [9.17, 15) is 9.18 Å². The van der Waals surface area contributed by atoms with Gasteiger partial charge in [-0.1, -0.05) is 29.8 Å². The molecule has 2 rings (SSSR count). The largest absolute Gasteiger partial charge is 0.352 e. The highest BCUT2D eigenvalue weighted by atomic mass is 35.5. The average molecular weight is 303 g/mol. The van der Waals surface area contributed by atoms with E-state index in [-0.39, 0.29) is 29.5 Å². The topological polar surface area (TPSA) is 52.9 Å². The minimum Gasteiger partial charge on any atom is -0.352 e. The molecule has 1 N–H and O–H groups in total. The van der Waals surface area contributed by atoms with E-state index >= 15 is 0 Å². The lowest BCUT2D eigenvalue weighted by atomic mass is 10.1. The zero-order valence-corrected chi connectivity index (χ0v) is 11.8. The molecule has 2 aromatic rings. The second kappa shape index (κ2) is 6.87. The summed E-state index contributed by atoms with van der Waals surface area (Å²) in [6.07, 6.45) is -0.122. The summed E-state index contributed by atoms with van der Waals surface area (Å²) in [6, 6.07) is 13.3. The smallest absolute Gasteiger partial charge is 0.224 e. The highest BCUT2D eigenvalue weighted by Crippen LogP contribution is 2.19. The molecule has 0 radical (unpaired) electrons. The standard InChI is InChI=1S/C16H12ClFN2O/c17-14-5-2-6-15(18)13(14)8-16(21)20-10-12-4-1-3-11(7-12)9-19/h1-7H,8,10H2,(H,20,21). The molecule has 0 heterocycles. The second-order valence-electron chi connectivity index (χ2n) is 4.47. The first-order valence-corrected chi connectivity index (χ1v) is 6.66. The Morgan fingerprint density at radius 2 is 2.05 bits per heavy atom. The number of nitrogens with one attached hydrogen (secondary N) is 1. The molecule has 0 aliphatic rings. The molecule has 3 nitrogen and oxygen atoms in total. The van der Waals surface area contributed by atoms with Crippen LogP contribution in [0, 0.1) is 17.1 Å². The average Bonchev–Trinajstić information content (AvgIpc) is 2.49. The van der Waals surface area contributed by atoms with Crippen molar-refractivity contribution in [2.75, 3.05) is 0 Å². The quantitative estimate of drug-likeness (QED) is 0.943. The van der Waals surface area contributed by atoms with Gasteiger partial charge in [0.2, 0.25) is 5.91 Å². The van der Waals surface area contributed by atoms with Crippen LogP contribution >= 0.6 is 11.6 Å². The first-order chi connectivity index (χ1) is 10.1. The third-order valence-corrected chi connectivity index (χ3v) is 3.30. The normalized spacial score (nSPS) is 9.95. The number of carbonyl (C=O) groups excluding carboxylic acids is 1. The van der Waals surface area contributed by atoms with E-state index in [1.807, 2.05) is 6.07 Å². The van der Waals surface area contributed by atoms with Crippen molar-refractivity contribution in [3.63, 3.8) is 0 Å². The van der Waals surface area contributed by atoms with Crippen molar-refractivity contribution < 1.29 is 9.18 Å². The zero-order chi connectivity index (χ0) is 15.2. The van der Waals surface area contributed by atoms with Crippen molar-refractivity contribution in [1.29, 1.82) is 5.26 Å². The van der Waals surface area contributed by atoms with Gasteiger partial charge in [0.1, 0.15) is 5.82 Å². The van der Waals surface area contributed by atoms with Crippen molar-refractivity contribution in [2.45, 2.75) is 13.0 Å². The van der Waals surface area contributed by atoms with Crippen LogP contribution in [0.5, 0.6) is 0 Å². The van der Waals surface area contributed by atoms with Crippen LogP contribution in [0.4, 0.5) is 4.39 Å². The van der Waals surface area contributed by atoms with Crippen molar-refractivity contribution in [1.82, 2.24) is 5.32 Å². The predicted molar refractivity (Wildman–Crippen MR) is 78.1 cm³/mol. The Hall–Kier alpha value is -2.38. The van der Waals surface area contributed by atoms with Crippen LogP contribution in [0.1, 0.15) is 16.7 Å². The van der Waals surface area contributed by atoms with E-state index in [1.165, 1.54) is 12.1 Å². The number of amides is 1. The van der Waals surface area contributed by atoms with Crippen LogP contribution in [0.25, 0.3) is 0 Å². The Labute approximate surface area is 127 Å².